The number of unbranched alkanes of at least 4 members (excludes halogenated alkanes) is 1. The largest absolute Gasteiger partial charge is 0.385 e. The lowest BCUT2D eigenvalue weighted by Crippen LogP contribution is -2.25. The molecule has 0 aromatic heterocycles. The fourth-order valence-corrected chi connectivity index (χ4v) is 1.48. The molecule has 0 fully saturated rings. The van der Waals surface area contributed by atoms with E-state index in [1.807, 2.05) is 6.92 Å². The predicted octanol–water partition coefficient (Wildman–Crippen LogP) is 2.29. The highest BCUT2D eigenvalue weighted by atomic mass is 19.1. The molecule has 0 heterocycles. The summed E-state index contributed by atoms with van der Waals surface area (Å²) in [6, 6.07) is 4.51. The maximum absolute atomic E-state index is 13.4. The summed E-state index contributed by atoms with van der Waals surface area (Å²) in [6.07, 6.45) is 1.71. The first-order valence-corrected chi connectivity index (χ1v) is 5.68. The third-order valence-corrected chi connectivity index (χ3v) is 2.43. The summed E-state index contributed by atoms with van der Waals surface area (Å²) in [5.41, 5.74) is 0.979. The first kappa shape index (κ1) is 13.6. The molecule has 0 saturated heterocycles. The molecule has 4 heteroatoms. The smallest absolute Gasteiger partial charge is 0.254 e. The summed E-state index contributed by atoms with van der Waals surface area (Å²) in [5, 5.41) is 2.69. The van der Waals surface area contributed by atoms with Gasteiger partial charge in [0, 0.05) is 20.3 Å². The monoisotopic (exact) mass is 239 g/mol. The Labute approximate surface area is 101 Å². The Morgan fingerprint density at radius 1 is 1.41 bits per heavy atom. The van der Waals surface area contributed by atoms with Crippen LogP contribution in [0, 0.1) is 12.7 Å². The van der Waals surface area contributed by atoms with Crippen LogP contribution in [0.25, 0.3) is 0 Å². The van der Waals surface area contributed by atoms with Gasteiger partial charge >= 0.3 is 0 Å². The summed E-state index contributed by atoms with van der Waals surface area (Å²) in [6.45, 7) is 3.04. The van der Waals surface area contributed by atoms with Gasteiger partial charge in [-0.25, -0.2) is 4.39 Å². The van der Waals surface area contributed by atoms with Crippen LogP contribution >= 0.6 is 0 Å². The Morgan fingerprint density at radius 3 is 2.88 bits per heavy atom. The highest BCUT2D eigenvalue weighted by molar-refractivity contribution is 5.94. The zero-order valence-electron chi connectivity index (χ0n) is 10.3. The lowest BCUT2D eigenvalue weighted by atomic mass is 10.1. The van der Waals surface area contributed by atoms with Crippen molar-refractivity contribution in [2.75, 3.05) is 20.3 Å². The molecule has 0 radical (unpaired) electrons. The number of ether oxygens (including phenoxy) is 1. The van der Waals surface area contributed by atoms with Crippen LogP contribution in [-0.2, 0) is 4.74 Å². The maximum atomic E-state index is 13.4. The van der Waals surface area contributed by atoms with Crippen molar-refractivity contribution in [3.63, 3.8) is 0 Å². The van der Waals surface area contributed by atoms with Crippen LogP contribution in [0.15, 0.2) is 18.2 Å². The molecule has 1 amide bonds. The predicted molar refractivity (Wildman–Crippen MR) is 64.6 cm³/mol. The third kappa shape index (κ3) is 4.53. The van der Waals surface area contributed by atoms with Crippen molar-refractivity contribution in [3.05, 3.63) is 35.1 Å². The van der Waals surface area contributed by atoms with E-state index in [4.69, 9.17) is 4.74 Å². The number of amides is 1. The molecule has 1 aromatic carbocycles. The lowest BCUT2D eigenvalue weighted by Gasteiger charge is -2.06. The van der Waals surface area contributed by atoms with Gasteiger partial charge in [-0.2, -0.15) is 0 Å². The topological polar surface area (TPSA) is 38.3 Å². The molecular formula is C13H18FNO2. The molecule has 0 saturated carbocycles. The molecule has 17 heavy (non-hydrogen) atoms. The molecular weight excluding hydrogens is 221 g/mol. The molecule has 0 unspecified atom stereocenters. The van der Waals surface area contributed by atoms with Crippen molar-refractivity contribution in [2.24, 2.45) is 0 Å². The molecule has 1 rings (SSSR count). The quantitative estimate of drug-likeness (QED) is 0.773. The van der Waals surface area contributed by atoms with Gasteiger partial charge in [-0.3, -0.25) is 4.79 Å². The SMILES string of the molecule is COCCCCNC(=O)c1cc(C)ccc1F. The summed E-state index contributed by atoms with van der Waals surface area (Å²) in [7, 11) is 1.64. The van der Waals surface area contributed by atoms with Crippen LogP contribution in [0.1, 0.15) is 28.8 Å². The van der Waals surface area contributed by atoms with Gasteiger partial charge < -0.3 is 10.1 Å². The van der Waals surface area contributed by atoms with Crippen molar-refractivity contribution in [2.45, 2.75) is 19.8 Å². The van der Waals surface area contributed by atoms with Crippen LogP contribution in [0.3, 0.4) is 0 Å². The average molecular weight is 239 g/mol. The number of hydrogen-bond donors (Lipinski definition) is 1. The van der Waals surface area contributed by atoms with Crippen LogP contribution in [0.4, 0.5) is 4.39 Å². The van der Waals surface area contributed by atoms with Crippen molar-refractivity contribution < 1.29 is 13.9 Å². The summed E-state index contributed by atoms with van der Waals surface area (Å²) in [5.74, 6) is -0.839. The van der Waals surface area contributed by atoms with Gasteiger partial charge in [0.2, 0.25) is 0 Å². The molecule has 0 aliphatic rings. The molecule has 94 valence electrons. The zero-order valence-corrected chi connectivity index (χ0v) is 10.3. The Bertz CT molecular complexity index is 380. The Morgan fingerprint density at radius 2 is 2.18 bits per heavy atom. The van der Waals surface area contributed by atoms with E-state index in [0.717, 1.165) is 18.4 Å². The van der Waals surface area contributed by atoms with Crippen molar-refractivity contribution in [3.8, 4) is 0 Å². The van der Waals surface area contributed by atoms with Gasteiger partial charge in [0.15, 0.2) is 0 Å². The zero-order chi connectivity index (χ0) is 12.7. The van der Waals surface area contributed by atoms with E-state index in [0.29, 0.717) is 13.2 Å². The number of aryl methyl sites for hydroxylation is 1. The van der Waals surface area contributed by atoms with E-state index in [9.17, 15) is 9.18 Å². The van der Waals surface area contributed by atoms with Crippen molar-refractivity contribution in [1.82, 2.24) is 5.32 Å². The van der Waals surface area contributed by atoms with Gasteiger partial charge in [0.05, 0.1) is 5.56 Å². The number of rotatable bonds is 6. The van der Waals surface area contributed by atoms with Gasteiger partial charge in [-0.1, -0.05) is 11.6 Å². The van der Waals surface area contributed by atoms with Crippen LogP contribution in [-0.4, -0.2) is 26.2 Å². The van der Waals surface area contributed by atoms with Crippen LogP contribution < -0.4 is 5.32 Å². The second-order valence-electron chi connectivity index (χ2n) is 3.94. The summed E-state index contributed by atoms with van der Waals surface area (Å²) in [4.78, 5) is 11.7. The van der Waals surface area contributed by atoms with Crippen molar-refractivity contribution >= 4 is 5.91 Å². The normalized spacial score (nSPS) is 10.3. The second-order valence-corrected chi connectivity index (χ2v) is 3.94. The third-order valence-electron chi connectivity index (χ3n) is 2.43. The maximum Gasteiger partial charge on any atom is 0.254 e. The van der Waals surface area contributed by atoms with Crippen molar-refractivity contribution in [1.29, 1.82) is 0 Å². The minimum atomic E-state index is -0.481. The highest BCUT2D eigenvalue weighted by Gasteiger charge is 2.10. The lowest BCUT2D eigenvalue weighted by molar-refractivity contribution is 0.0947. The average Bonchev–Trinajstić information content (AvgIpc) is 2.32. The van der Waals surface area contributed by atoms with Crippen LogP contribution in [0.2, 0.25) is 0 Å². The minimum absolute atomic E-state index is 0.108. The molecule has 3 nitrogen and oxygen atoms in total. The number of carbonyl (C=O) groups is 1. The standard InChI is InChI=1S/C13H18FNO2/c1-10-5-6-12(14)11(9-10)13(16)15-7-3-4-8-17-2/h5-6,9H,3-4,7-8H2,1-2H3,(H,15,16). The van der Waals surface area contributed by atoms with Gasteiger partial charge in [-0.15, -0.1) is 0 Å². The van der Waals surface area contributed by atoms with Gasteiger partial charge in [0.1, 0.15) is 5.82 Å². The molecule has 0 aliphatic carbocycles. The van der Waals surface area contributed by atoms with Gasteiger partial charge in [0.25, 0.3) is 5.91 Å². The fraction of sp³-hybridized carbons (Fsp3) is 0.462. The highest BCUT2D eigenvalue weighted by Crippen LogP contribution is 2.09. The van der Waals surface area contributed by atoms with E-state index in [2.05, 4.69) is 5.32 Å². The van der Waals surface area contributed by atoms with E-state index < -0.39 is 5.82 Å². The molecule has 0 bridgehead atoms. The van der Waals surface area contributed by atoms with E-state index in [1.165, 1.54) is 6.07 Å². The van der Waals surface area contributed by atoms with Gasteiger partial charge in [-0.05, 0) is 31.9 Å². The molecule has 1 N–H and O–H groups in total. The fourth-order valence-electron chi connectivity index (χ4n) is 1.48. The first-order valence-electron chi connectivity index (χ1n) is 5.68. The number of nitrogens with one attached hydrogen (secondary N) is 1. The number of halogens is 1. The summed E-state index contributed by atoms with van der Waals surface area (Å²) >= 11 is 0. The number of benzene rings is 1. The Balaban J connectivity index is 2.44. The Kier molecular flexibility index (Phi) is 5.63. The molecule has 0 aliphatic heterocycles. The minimum Gasteiger partial charge on any atom is -0.385 e. The number of carbonyl (C=O) groups excluding carboxylic acids is 1. The number of hydrogen-bond acceptors (Lipinski definition) is 2. The van der Waals surface area contributed by atoms with E-state index in [-0.39, 0.29) is 11.5 Å². The summed E-state index contributed by atoms with van der Waals surface area (Å²) < 4.78 is 18.3. The van der Waals surface area contributed by atoms with E-state index >= 15 is 0 Å². The first-order chi connectivity index (χ1) is 8.15. The van der Waals surface area contributed by atoms with E-state index in [1.54, 1.807) is 19.2 Å². The Hall–Kier alpha value is -1.42. The molecule has 1 aromatic rings. The molecule has 0 spiro atoms. The number of methoxy groups -OCH3 is 1. The second kappa shape index (κ2) is 7.01. The molecule has 0 atom stereocenters. The van der Waals surface area contributed by atoms with Crippen LogP contribution in [0.5, 0.6) is 0 Å².